The Morgan fingerprint density at radius 3 is 2.59 bits per heavy atom. The zero-order valence-electron chi connectivity index (χ0n) is 15.7. The summed E-state index contributed by atoms with van der Waals surface area (Å²) in [7, 11) is -3.91. The van der Waals surface area contributed by atoms with E-state index in [4.69, 9.17) is 9.15 Å². The number of aromatic nitrogens is 2. The van der Waals surface area contributed by atoms with Crippen molar-refractivity contribution < 1.29 is 22.4 Å². The number of aromatic amines is 1. The lowest BCUT2D eigenvalue weighted by molar-refractivity contribution is 0.0303. The summed E-state index contributed by atoms with van der Waals surface area (Å²) in [5.41, 5.74) is 2.10. The second-order valence-corrected chi connectivity index (χ2v) is 8.27. The lowest BCUT2D eigenvalue weighted by atomic mass is 10.2. The normalized spacial score (nSPS) is 14.7. The van der Waals surface area contributed by atoms with Gasteiger partial charge >= 0.3 is 0 Å². The van der Waals surface area contributed by atoms with Gasteiger partial charge in [0.2, 0.25) is 5.09 Å². The molecule has 4 rings (SSSR count). The van der Waals surface area contributed by atoms with Crippen molar-refractivity contribution in [2.75, 3.05) is 31.0 Å². The summed E-state index contributed by atoms with van der Waals surface area (Å²) in [4.78, 5) is 14.4. The van der Waals surface area contributed by atoms with Gasteiger partial charge in [0, 0.05) is 18.8 Å². The third-order valence-electron chi connectivity index (χ3n) is 4.56. The Hall–Kier alpha value is -3.11. The molecule has 2 N–H and O–H groups in total. The van der Waals surface area contributed by atoms with Gasteiger partial charge in [0.25, 0.3) is 15.9 Å². The smallest absolute Gasteiger partial charge is 0.295 e. The van der Waals surface area contributed by atoms with Crippen LogP contribution in [0.25, 0.3) is 11.5 Å². The lowest BCUT2D eigenvalue weighted by Crippen LogP contribution is -2.40. The molecule has 3 aromatic rings. The number of furan rings is 1. The highest BCUT2D eigenvalue weighted by Gasteiger charge is 2.26. The van der Waals surface area contributed by atoms with Crippen LogP contribution in [0.1, 0.15) is 15.9 Å². The van der Waals surface area contributed by atoms with Gasteiger partial charge in [-0.15, -0.1) is 0 Å². The van der Waals surface area contributed by atoms with Crippen LogP contribution in [0, 0.1) is 6.92 Å². The zero-order valence-corrected chi connectivity index (χ0v) is 16.5. The first-order chi connectivity index (χ1) is 13.9. The van der Waals surface area contributed by atoms with E-state index in [-0.39, 0.29) is 16.8 Å². The molecule has 2 aromatic heterocycles. The number of benzene rings is 1. The van der Waals surface area contributed by atoms with Gasteiger partial charge in [-0.1, -0.05) is 17.7 Å². The lowest BCUT2D eigenvalue weighted by Gasteiger charge is -2.26. The first-order valence-corrected chi connectivity index (χ1v) is 10.5. The minimum absolute atomic E-state index is 0.211. The van der Waals surface area contributed by atoms with E-state index in [0.717, 1.165) is 5.56 Å². The fourth-order valence-electron chi connectivity index (χ4n) is 3.00. The summed E-state index contributed by atoms with van der Waals surface area (Å²) < 4.78 is 38.5. The van der Waals surface area contributed by atoms with Gasteiger partial charge in [-0.2, -0.15) is 13.5 Å². The fraction of sp³-hybridized carbons (Fsp3) is 0.263. The van der Waals surface area contributed by atoms with Crippen LogP contribution in [-0.2, 0) is 14.8 Å². The van der Waals surface area contributed by atoms with Crippen molar-refractivity contribution in [1.82, 2.24) is 15.1 Å². The average Bonchev–Trinajstić information content (AvgIpc) is 3.39. The van der Waals surface area contributed by atoms with Crippen LogP contribution in [0.2, 0.25) is 0 Å². The number of amides is 1. The molecule has 1 aromatic carbocycles. The molecule has 0 bridgehead atoms. The van der Waals surface area contributed by atoms with Gasteiger partial charge in [-0.3, -0.25) is 14.6 Å². The van der Waals surface area contributed by atoms with Gasteiger partial charge in [-0.05, 0) is 31.2 Å². The highest BCUT2D eigenvalue weighted by Crippen LogP contribution is 2.27. The molecular weight excluding hydrogens is 396 g/mol. The third-order valence-corrected chi connectivity index (χ3v) is 5.82. The molecule has 0 aliphatic carbocycles. The molecule has 0 atom stereocenters. The Kier molecular flexibility index (Phi) is 5.12. The van der Waals surface area contributed by atoms with E-state index in [2.05, 4.69) is 14.9 Å². The molecule has 152 valence electrons. The third kappa shape index (κ3) is 4.03. The molecule has 0 spiro atoms. The predicted octanol–water partition coefficient (Wildman–Crippen LogP) is 2.25. The first-order valence-electron chi connectivity index (χ1n) is 9.04. The maximum absolute atomic E-state index is 12.8. The molecule has 10 heteroatoms. The Morgan fingerprint density at radius 2 is 1.86 bits per heavy atom. The molecule has 0 radical (unpaired) electrons. The van der Waals surface area contributed by atoms with Crippen LogP contribution < -0.4 is 4.72 Å². The minimum Gasteiger partial charge on any atom is -0.441 e. The second-order valence-electron chi connectivity index (χ2n) is 6.65. The van der Waals surface area contributed by atoms with Crippen LogP contribution in [0.4, 0.5) is 5.69 Å². The Morgan fingerprint density at radius 1 is 1.14 bits per heavy atom. The summed E-state index contributed by atoms with van der Waals surface area (Å²) in [5.74, 6) is -0.000900. The van der Waals surface area contributed by atoms with Crippen molar-refractivity contribution >= 4 is 21.6 Å². The number of hydrogen-bond donors (Lipinski definition) is 2. The summed E-state index contributed by atoms with van der Waals surface area (Å²) in [6, 6.07) is 9.79. The van der Waals surface area contributed by atoms with Crippen LogP contribution in [0.15, 0.2) is 52.1 Å². The number of carbonyl (C=O) groups excluding carboxylic acids is 1. The number of sulfonamides is 1. The van der Waals surface area contributed by atoms with E-state index >= 15 is 0 Å². The number of hydrogen-bond acceptors (Lipinski definition) is 6. The van der Waals surface area contributed by atoms with Gasteiger partial charge in [0.15, 0.2) is 5.76 Å². The van der Waals surface area contributed by atoms with Crippen LogP contribution >= 0.6 is 0 Å². The van der Waals surface area contributed by atoms with E-state index in [1.807, 2.05) is 6.92 Å². The molecule has 1 aliphatic heterocycles. The number of H-pyrrole nitrogens is 1. The molecule has 1 aliphatic rings. The Labute approximate surface area is 167 Å². The van der Waals surface area contributed by atoms with Gasteiger partial charge < -0.3 is 14.1 Å². The van der Waals surface area contributed by atoms with Crippen LogP contribution in [-0.4, -0.2) is 55.7 Å². The Balaban J connectivity index is 1.57. The van der Waals surface area contributed by atoms with E-state index in [1.165, 1.54) is 18.3 Å². The summed E-state index contributed by atoms with van der Waals surface area (Å²) in [5, 5.41) is 6.40. The number of nitrogens with one attached hydrogen (secondary N) is 2. The fourth-order valence-corrected chi connectivity index (χ4v) is 3.99. The summed E-state index contributed by atoms with van der Waals surface area (Å²) in [6.45, 7) is 3.85. The molecule has 1 fully saturated rings. The highest BCUT2D eigenvalue weighted by atomic mass is 32.2. The van der Waals surface area contributed by atoms with Crippen molar-refractivity contribution in [1.29, 1.82) is 0 Å². The summed E-state index contributed by atoms with van der Waals surface area (Å²) in [6.07, 6.45) is 1.41. The first kappa shape index (κ1) is 19.2. The van der Waals surface area contributed by atoms with E-state index in [1.54, 1.807) is 29.2 Å². The van der Waals surface area contributed by atoms with Crippen molar-refractivity contribution in [3.63, 3.8) is 0 Å². The van der Waals surface area contributed by atoms with Crippen LogP contribution in [0.3, 0.4) is 0 Å². The van der Waals surface area contributed by atoms with Crippen LogP contribution in [0.5, 0.6) is 0 Å². The zero-order chi connectivity index (χ0) is 20.4. The van der Waals surface area contributed by atoms with E-state index < -0.39 is 10.0 Å². The predicted molar refractivity (Wildman–Crippen MR) is 105 cm³/mol. The maximum atomic E-state index is 12.8. The maximum Gasteiger partial charge on any atom is 0.295 e. The minimum atomic E-state index is -3.91. The SMILES string of the molecule is Cc1ccc(NS(=O)(=O)c2ccc(-c3[nH]ncc3C(=O)N3CCOCC3)o2)cc1. The van der Waals surface area contributed by atoms with Gasteiger partial charge in [-0.25, -0.2) is 0 Å². The van der Waals surface area contributed by atoms with Crippen molar-refractivity contribution in [2.24, 2.45) is 0 Å². The van der Waals surface area contributed by atoms with Gasteiger partial charge in [0.1, 0.15) is 5.69 Å². The molecular formula is C19H20N4O5S. The standard InChI is InChI=1S/C19H20N4O5S/c1-13-2-4-14(5-3-13)22-29(25,26)17-7-6-16(28-17)18-15(12-20-21-18)19(24)23-8-10-27-11-9-23/h2-7,12,22H,8-11H2,1H3,(H,20,21). The van der Waals surface area contributed by atoms with Crippen molar-refractivity contribution in [3.05, 3.63) is 53.7 Å². The molecule has 29 heavy (non-hydrogen) atoms. The monoisotopic (exact) mass is 416 g/mol. The number of rotatable bonds is 5. The average molecular weight is 416 g/mol. The number of anilines is 1. The molecule has 0 saturated carbocycles. The van der Waals surface area contributed by atoms with Crippen molar-refractivity contribution in [2.45, 2.75) is 12.0 Å². The van der Waals surface area contributed by atoms with E-state index in [9.17, 15) is 13.2 Å². The number of nitrogens with zero attached hydrogens (tertiary/aromatic N) is 2. The molecule has 0 unspecified atom stereocenters. The van der Waals surface area contributed by atoms with Gasteiger partial charge in [0.05, 0.1) is 25.0 Å². The number of aryl methyl sites for hydroxylation is 1. The molecule has 1 amide bonds. The Bertz CT molecular complexity index is 1110. The molecule has 9 nitrogen and oxygen atoms in total. The topological polar surface area (TPSA) is 118 Å². The highest BCUT2D eigenvalue weighted by molar-refractivity contribution is 7.92. The summed E-state index contributed by atoms with van der Waals surface area (Å²) >= 11 is 0. The molecule has 1 saturated heterocycles. The van der Waals surface area contributed by atoms with E-state index in [0.29, 0.717) is 43.2 Å². The molecule has 3 heterocycles. The largest absolute Gasteiger partial charge is 0.441 e. The quantitative estimate of drug-likeness (QED) is 0.659. The number of carbonyl (C=O) groups is 1. The second kappa shape index (κ2) is 7.72. The van der Waals surface area contributed by atoms with Crippen molar-refractivity contribution in [3.8, 4) is 11.5 Å². The number of ether oxygens (including phenoxy) is 1. The number of morpholine rings is 1.